The van der Waals surface area contributed by atoms with Crippen LogP contribution in [0.25, 0.3) is 11.0 Å². The Kier molecular flexibility index (Phi) is 3.57. The monoisotopic (exact) mass is 247 g/mol. The van der Waals surface area contributed by atoms with Gasteiger partial charge < -0.3 is 15.3 Å². The van der Waals surface area contributed by atoms with Gasteiger partial charge in [0.05, 0.1) is 11.0 Å². The Morgan fingerprint density at radius 3 is 2.39 bits per heavy atom. The summed E-state index contributed by atoms with van der Waals surface area (Å²) in [6.07, 6.45) is 0. The van der Waals surface area contributed by atoms with E-state index in [0.29, 0.717) is 12.0 Å². The average Bonchev–Trinajstić information content (AvgIpc) is 2.67. The highest BCUT2D eigenvalue weighted by Crippen LogP contribution is 2.18. The Morgan fingerprint density at radius 1 is 1.06 bits per heavy atom. The van der Waals surface area contributed by atoms with E-state index in [0.717, 1.165) is 11.0 Å². The van der Waals surface area contributed by atoms with Gasteiger partial charge in [-0.3, -0.25) is 0 Å². The predicted molar refractivity (Wildman–Crippen MR) is 74.8 cm³/mol. The quantitative estimate of drug-likeness (QED) is 0.777. The third kappa shape index (κ3) is 2.64. The fourth-order valence-corrected chi connectivity index (χ4v) is 2.00. The summed E-state index contributed by atoms with van der Waals surface area (Å²) in [5.41, 5.74) is 2.75. The molecule has 18 heavy (non-hydrogen) atoms. The van der Waals surface area contributed by atoms with Crippen LogP contribution in [-0.2, 0) is 0 Å². The Balaban J connectivity index is 2.22. The van der Waals surface area contributed by atoms with E-state index in [-0.39, 0.29) is 11.7 Å². The van der Waals surface area contributed by atoms with E-state index in [4.69, 9.17) is 0 Å². The molecule has 0 saturated carbocycles. The lowest BCUT2D eigenvalue weighted by Gasteiger charge is -2.23. The van der Waals surface area contributed by atoms with E-state index in [9.17, 15) is 4.79 Å². The minimum absolute atomic E-state index is 0.154. The van der Waals surface area contributed by atoms with Crippen LogP contribution in [0.4, 0.5) is 0 Å². The van der Waals surface area contributed by atoms with Gasteiger partial charge in [-0.15, -0.1) is 0 Å². The van der Waals surface area contributed by atoms with E-state index in [2.05, 4.69) is 49.0 Å². The van der Waals surface area contributed by atoms with E-state index in [1.54, 1.807) is 0 Å². The van der Waals surface area contributed by atoms with Crippen molar-refractivity contribution in [2.24, 2.45) is 5.92 Å². The highest BCUT2D eigenvalue weighted by atomic mass is 16.1. The first kappa shape index (κ1) is 12.9. The predicted octanol–water partition coefficient (Wildman–Crippen LogP) is 2.55. The lowest BCUT2D eigenvalue weighted by molar-refractivity contribution is 0.389. The summed E-state index contributed by atoms with van der Waals surface area (Å²) in [6, 6.07) is 6.75. The van der Waals surface area contributed by atoms with Gasteiger partial charge in [-0.2, -0.15) is 0 Å². The molecule has 2 unspecified atom stereocenters. The van der Waals surface area contributed by atoms with Crippen molar-refractivity contribution in [2.45, 2.75) is 39.8 Å². The average molecular weight is 247 g/mol. The highest BCUT2D eigenvalue weighted by molar-refractivity contribution is 5.75. The molecule has 2 aromatic rings. The van der Waals surface area contributed by atoms with Gasteiger partial charge in [0.25, 0.3) is 0 Å². The van der Waals surface area contributed by atoms with E-state index < -0.39 is 0 Å². The summed E-state index contributed by atoms with van der Waals surface area (Å²) in [6.45, 7) is 8.75. The minimum atomic E-state index is -0.154. The second kappa shape index (κ2) is 4.98. The molecule has 0 spiro atoms. The number of hydrogen-bond donors (Lipinski definition) is 3. The molecule has 4 nitrogen and oxygen atoms in total. The Morgan fingerprint density at radius 2 is 1.72 bits per heavy atom. The van der Waals surface area contributed by atoms with Gasteiger partial charge in [-0.1, -0.05) is 19.9 Å². The van der Waals surface area contributed by atoms with Crippen LogP contribution in [0.3, 0.4) is 0 Å². The van der Waals surface area contributed by atoms with Crippen LogP contribution in [0.2, 0.25) is 0 Å². The van der Waals surface area contributed by atoms with E-state index in [1.807, 2.05) is 12.1 Å². The van der Waals surface area contributed by atoms with Crippen molar-refractivity contribution in [1.82, 2.24) is 15.3 Å². The third-order valence-electron chi connectivity index (χ3n) is 3.55. The molecule has 0 saturated heterocycles. The molecule has 2 atom stereocenters. The molecule has 1 heterocycles. The molecule has 0 fully saturated rings. The number of hydrogen-bond acceptors (Lipinski definition) is 2. The first-order chi connectivity index (χ1) is 8.47. The first-order valence-electron chi connectivity index (χ1n) is 6.45. The zero-order valence-electron chi connectivity index (χ0n) is 11.4. The lowest BCUT2D eigenvalue weighted by atomic mass is 10.0. The molecular weight excluding hydrogens is 226 g/mol. The molecule has 2 rings (SSSR count). The summed E-state index contributed by atoms with van der Waals surface area (Å²) < 4.78 is 0. The van der Waals surface area contributed by atoms with Crippen molar-refractivity contribution in [3.8, 4) is 0 Å². The number of rotatable bonds is 4. The van der Waals surface area contributed by atoms with Crippen LogP contribution in [0.1, 0.15) is 39.3 Å². The zero-order valence-corrected chi connectivity index (χ0v) is 11.4. The molecule has 0 aliphatic carbocycles. The topological polar surface area (TPSA) is 60.7 Å². The van der Waals surface area contributed by atoms with Gasteiger partial charge in [0.15, 0.2) is 0 Å². The summed E-state index contributed by atoms with van der Waals surface area (Å²) >= 11 is 0. The molecule has 1 aromatic heterocycles. The van der Waals surface area contributed by atoms with Gasteiger partial charge in [0.1, 0.15) is 0 Å². The van der Waals surface area contributed by atoms with Gasteiger partial charge in [0, 0.05) is 12.1 Å². The van der Waals surface area contributed by atoms with Crippen LogP contribution in [0.15, 0.2) is 23.0 Å². The fraction of sp³-hybridized carbons (Fsp3) is 0.500. The van der Waals surface area contributed by atoms with Crippen LogP contribution < -0.4 is 11.0 Å². The van der Waals surface area contributed by atoms with Crippen molar-refractivity contribution in [1.29, 1.82) is 0 Å². The van der Waals surface area contributed by atoms with Gasteiger partial charge in [-0.05, 0) is 37.5 Å². The molecular formula is C14H21N3O. The molecule has 3 N–H and O–H groups in total. The SMILES string of the molecule is CC(NC(C)C(C)C)c1ccc2[nH]c(=O)[nH]c2c1. The number of aromatic nitrogens is 2. The minimum Gasteiger partial charge on any atom is -0.307 e. The van der Waals surface area contributed by atoms with Crippen LogP contribution in [0.5, 0.6) is 0 Å². The maximum atomic E-state index is 11.2. The summed E-state index contributed by atoms with van der Waals surface area (Å²) in [7, 11) is 0. The molecule has 98 valence electrons. The number of aromatic amines is 2. The van der Waals surface area contributed by atoms with Crippen LogP contribution >= 0.6 is 0 Å². The van der Waals surface area contributed by atoms with E-state index in [1.165, 1.54) is 5.56 Å². The lowest BCUT2D eigenvalue weighted by Crippen LogP contribution is -2.32. The van der Waals surface area contributed by atoms with Crippen LogP contribution in [-0.4, -0.2) is 16.0 Å². The second-order valence-electron chi connectivity index (χ2n) is 5.31. The zero-order chi connectivity index (χ0) is 13.3. The van der Waals surface area contributed by atoms with Gasteiger partial charge >= 0.3 is 5.69 Å². The van der Waals surface area contributed by atoms with Crippen molar-refractivity contribution < 1.29 is 0 Å². The molecule has 0 bridgehead atoms. The van der Waals surface area contributed by atoms with Crippen LogP contribution in [0, 0.1) is 5.92 Å². The van der Waals surface area contributed by atoms with Crippen molar-refractivity contribution in [3.05, 3.63) is 34.2 Å². The normalized spacial score (nSPS) is 15.2. The fourth-order valence-electron chi connectivity index (χ4n) is 2.00. The Hall–Kier alpha value is -1.55. The number of imidazole rings is 1. The maximum Gasteiger partial charge on any atom is 0.323 e. The molecule has 0 amide bonds. The number of H-pyrrole nitrogens is 2. The maximum absolute atomic E-state index is 11.2. The number of nitrogens with one attached hydrogen (secondary N) is 3. The first-order valence-corrected chi connectivity index (χ1v) is 6.45. The highest BCUT2D eigenvalue weighted by Gasteiger charge is 2.12. The molecule has 4 heteroatoms. The Labute approximate surface area is 107 Å². The number of benzene rings is 1. The summed E-state index contributed by atoms with van der Waals surface area (Å²) in [5.74, 6) is 0.600. The molecule has 0 aliphatic rings. The van der Waals surface area contributed by atoms with Gasteiger partial charge in [-0.25, -0.2) is 4.79 Å². The van der Waals surface area contributed by atoms with Crippen molar-refractivity contribution in [3.63, 3.8) is 0 Å². The van der Waals surface area contributed by atoms with Gasteiger partial charge in [0.2, 0.25) is 0 Å². The second-order valence-corrected chi connectivity index (χ2v) is 5.31. The smallest absolute Gasteiger partial charge is 0.307 e. The standard InChI is InChI=1S/C14H21N3O/c1-8(2)9(3)15-10(4)11-5-6-12-13(7-11)17-14(18)16-12/h5-10,15H,1-4H3,(H2,16,17,18). The largest absolute Gasteiger partial charge is 0.323 e. The summed E-state index contributed by atoms with van der Waals surface area (Å²) in [5, 5.41) is 3.56. The molecule has 0 aliphatic heterocycles. The van der Waals surface area contributed by atoms with Crippen molar-refractivity contribution in [2.75, 3.05) is 0 Å². The third-order valence-corrected chi connectivity index (χ3v) is 3.55. The molecule has 0 radical (unpaired) electrons. The summed E-state index contributed by atoms with van der Waals surface area (Å²) in [4.78, 5) is 16.8. The van der Waals surface area contributed by atoms with E-state index >= 15 is 0 Å². The Bertz CT molecular complexity index is 582. The van der Waals surface area contributed by atoms with Crippen molar-refractivity contribution >= 4 is 11.0 Å². The molecule has 1 aromatic carbocycles. The number of fused-ring (bicyclic) bond motifs is 1.